The van der Waals surface area contributed by atoms with E-state index in [1.165, 1.54) is 48.5 Å². The van der Waals surface area contributed by atoms with Crippen LogP contribution in [0.15, 0.2) is 267 Å². The number of carbonyl (C=O) groups is 3. The summed E-state index contributed by atoms with van der Waals surface area (Å²) < 4.78 is 39.7. The lowest BCUT2D eigenvalue weighted by molar-refractivity contribution is 0.157. The SMILES string of the molecule is CN1C(=O)N(c2ccccc2)C(c2ccc(-c3cccc(O)c3)cc2O)C1CCCC(O)c1ccc(F)cc1.CN1C(=O)N(c2ccccc2)[C@H](c2ccc(-c3cccc(O)c3)cc2O)[C@H]1CCCC(O)c1ccc(F)cc1.CN1C(=O)N(c2ccccc2)[C@H](c2ccc(O)cc2O)[C@H]1CCC[C@@H](O)c1ccc(F)cc1. The molecule has 0 aromatic heterocycles. The fourth-order valence-corrected chi connectivity index (χ4v) is 15.3. The molecular formula is C90H89F3N6O12. The molecule has 3 heterocycles. The molecule has 3 aliphatic rings. The van der Waals surface area contributed by atoms with E-state index in [2.05, 4.69) is 0 Å². The molecule has 0 bridgehead atoms. The molecule has 111 heavy (non-hydrogen) atoms. The minimum atomic E-state index is -0.744. The first-order valence-electron chi connectivity index (χ1n) is 36.9. The summed E-state index contributed by atoms with van der Waals surface area (Å²) in [5.41, 5.74) is 8.90. The minimum Gasteiger partial charge on any atom is -0.508 e. The Hall–Kier alpha value is -12.3. The normalized spacial score (nSPS) is 18.3. The lowest BCUT2D eigenvalue weighted by Gasteiger charge is -2.29. The number of likely N-dealkylation sites (N-methyl/N-ethyl adjacent to an activating group) is 3. The van der Waals surface area contributed by atoms with Crippen LogP contribution < -0.4 is 14.7 Å². The molecule has 0 spiro atoms. The maximum Gasteiger partial charge on any atom is 0.325 e. The number of rotatable bonds is 23. The molecule has 0 saturated carbocycles. The van der Waals surface area contributed by atoms with Crippen LogP contribution in [0, 0.1) is 17.5 Å². The second-order valence-corrected chi connectivity index (χ2v) is 28.2. The van der Waals surface area contributed by atoms with Crippen LogP contribution in [0.2, 0.25) is 0 Å². The van der Waals surface area contributed by atoms with Crippen molar-refractivity contribution in [1.29, 1.82) is 0 Å². The van der Waals surface area contributed by atoms with E-state index in [0.717, 1.165) is 33.6 Å². The summed E-state index contributed by atoms with van der Waals surface area (Å²) in [6, 6.07) is 71.5. The number of carbonyl (C=O) groups excluding carboxylic acids is 3. The van der Waals surface area contributed by atoms with E-state index in [1.807, 2.05) is 127 Å². The number of aliphatic hydroxyl groups is 3. The van der Waals surface area contributed by atoms with E-state index in [4.69, 9.17) is 0 Å². The highest BCUT2D eigenvalue weighted by molar-refractivity contribution is 5.98. The maximum atomic E-state index is 13.5. The number of anilines is 3. The second kappa shape index (κ2) is 35.4. The van der Waals surface area contributed by atoms with Gasteiger partial charge in [0.1, 0.15) is 51.9 Å². The number of amides is 6. The fourth-order valence-electron chi connectivity index (χ4n) is 15.3. The lowest BCUT2D eigenvalue weighted by Crippen LogP contribution is -2.31. The summed E-state index contributed by atoms with van der Waals surface area (Å²) in [6.45, 7) is 0. The van der Waals surface area contributed by atoms with Crippen molar-refractivity contribution in [1.82, 2.24) is 14.7 Å². The topological polar surface area (TPSA) is 253 Å². The molecule has 0 radical (unpaired) electrons. The van der Waals surface area contributed by atoms with Gasteiger partial charge in [0.25, 0.3) is 0 Å². The number of urea groups is 3. The molecule has 3 fully saturated rings. The molecular weight excluding hydrogens is 1410 g/mol. The number of halogens is 3. The molecule has 6 amide bonds. The van der Waals surface area contributed by atoms with Crippen LogP contribution in [0.25, 0.3) is 22.3 Å². The van der Waals surface area contributed by atoms with Crippen LogP contribution in [0.4, 0.5) is 44.6 Å². The van der Waals surface area contributed by atoms with Gasteiger partial charge in [0.05, 0.1) is 54.6 Å². The highest BCUT2D eigenvalue weighted by Crippen LogP contribution is 2.49. The van der Waals surface area contributed by atoms with Gasteiger partial charge in [-0.05, 0) is 218 Å². The summed E-state index contributed by atoms with van der Waals surface area (Å²) in [5.74, 6) is -0.808. The molecule has 14 rings (SSSR count). The van der Waals surface area contributed by atoms with Gasteiger partial charge >= 0.3 is 18.1 Å². The first-order chi connectivity index (χ1) is 53.5. The van der Waals surface area contributed by atoms with Gasteiger partial charge in [-0.15, -0.1) is 0 Å². The lowest BCUT2D eigenvalue weighted by atomic mass is 9.91. The molecule has 572 valence electrons. The zero-order chi connectivity index (χ0) is 78.6. The number of nitrogens with zero attached hydrogens (tertiary/aromatic N) is 6. The third-order valence-electron chi connectivity index (χ3n) is 21.1. The molecule has 21 heteroatoms. The Balaban J connectivity index is 0.000000155. The number of hydrogen-bond acceptors (Lipinski definition) is 12. The minimum absolute atomic E-state index is 0.0563. The Bertz CT molecular complexity index is 4760. The Kier molecular flexibility index (Phi) is 25.0. The van der Waals surface area contributed by atoms with Gasteiger partial charge in [0.2, 0.25) is 0 Å². The number of aliphatic hydroxyl groups excluding tert-OH is 3. The third kappa shape index (κ3) is 18.0. The Morgan fingerprint density at radius 2 is 0.577 bits per heavy atom. The van der Waals surface area contributed by atoms with Crippen LogP contribution in [-0.2, 0) is 0 Å². The molecule has 3 saturated heterocycles. The standard InChI is InChI=1S/2C32H31FN2O4.C26H27FN2O4/c2*1-34-28(11-6-12-29(37)21-13-16-24(33)17-14-21)31(35(32(34)39)25-8-3-2-4-9-25)27-18-15-23(20-30(27)38)22-7-5-10-26(36)19-22;1-28-22(8-5-9-23(31)17-10-12-18(27)13-11-17)25(21-15-14-20(30)16-24(21)32)29(26(28)33)19-6-3-2-4-7-19/h2*2-5,7-10,13-20,28-29,31,36-38H,6,11-12H2,1H3;2-4,6-7,10-16,22-23,25,30-32H,5,8-9H2,1H3/t28-,29?,31-;;22-,23-,25-/m1.1/s1. The highest BCUT2D eigenvalue weighted by Gasteiger charge is 2.49. The predicted molar refractivity (Wildman–Crippen MR) is 422 cm³/mol. The Morgan fingerprint density at radius 3 is 0.856 bits per heavy atom. The quantitative estimate of drug-likeness (QED) is 0.0290. The number of para-hydroxylation sites is 3. The van der Waals surface area contributed by atoms with E-state index in [-0.39, 0.29) is 88.2 Å². The summed E-state index contributed by atoms with van der Waals surface area (Å²) in [6.07, 6.45) is 2.71. The van der Waals surface area contributed by atoms with Gasteiger partial charge in [-0.1, -0.05) is 140 Å². The largest absolute Gasteiger partial charge is 0.508 e. The second-order valence-electron chi connectivity index (χ2n) is 28.2. The number of phenols is 6. The molecule has 0 aliphatic carbocycles. The zero-order valence-corrected chi connectivity index (χ0v) is 61.5. The van der Waals surface area contributed by atoms with E-state index >= 15 is 0 Å². The van der Waals surface area contributed by atoms with Crippen LogP contribution in [-0.4, -0.2) is 118 Å². The number of phenolic OH excluding ortho intramolecular Hbond substituents is 6. The average Bonchev–Trinajstić information content (AvgIpc) is 1.62. The smallest absolute Gasteiger partial charge is 0.325 e. The van der Waals surface area contributed by atoms with E-state index in [0.29, 0.717) is 96.9 Å². The molecule has 11 aromatic carbocycles. The third-order valence-corrected chi connectivity index (χ3v) is 21.1. The number of aromatic hydroxyl groups is 6. The fraction of sp³-hybridized carbons (Fsp3) is 0.233. The first-order valence-corrected chi connectivity index (χ1v) is 36.9. The van der Waals surface area contributed by atoms with Crippen molar-refractivity contribution in [2.75, 3.05) is 35.8 Å². The summed E-state index contributed by atoms with van der Waals surface area (Å²) in [7, 11) is 5.26. The average molecular weight is 1500 g/mol. The molecule has 3 aliphatic heterocycles. The molecule has 4 unspecified atom stereocenters. The van der Waals surface area contributed by atoms with Crippen molar-refractivity contribution < 1.29 is 73.5 Å². The van der Waals surface area contributed by atoms with Crippen LogP contribution >= 0.6 is 0 Å². The summed E-state index contributed by atoms with van der Waals surface area (Å²) >= 11 is 0. The van der Waals surface area contributed by atoms with Crippen molar-refractivity contribution >= 4 is 35.2 Å². The molecule has 18 nitrogen and oxygen atoms in total. The first kappa shape index (κ1) is 78.3. The van der Waals surface area contributed by atoms with Crippen molar-refractivity contribution in [3.8, 4) is 56.8 Å². The van der Waals surface area contributed by atoms with E-state index in [1.54, 1.807) is 142 Å². The van der Waals surface area contributed by atoms with Crippen LogP contribution in [0.1, 0.15) is 128 Å². The van der Waals surface area contributed by atoms with Crippen molar-refractivity contribution in [3.63, 3.8) is 0 Å². The van der Waals surface area contributed by atoms with E-state index < -0.39 is 36.4 Å². The van der Waals surface area contributed by atoms with Crippen molar-refractivity contribution in [2.24, 2.45) is 0 Å². The summed E-state index contributed by atoms with van der Waals surface area (Å²) in [4.78, 5) is 50.5. The van der Waals surface area contributed by atoms with Crippen molar-refractivity contribution in [3.05, 3.63) is 318 Å². The van der Waals surface area contributed by atoms with Crippen molar-refractivity contribution in [2.45, 2.75) is 112 Å². The van der Waals surface area contributed by atoms with Crippen LogP contribution in [0.5, 0.6) is 34.5 Å². The Labute approximate surface area is 642 Å². The monoisotopic (exact) mass is 1500 g/mol. The van der Waals surface area contributed by atoms with Gasteiger partial charge in [-0.2, -0.15) is 0 Å². The molecule has 11 aromatic rings. The van der Waals surface area contributed by atoms with Gasteiger partial charge in [0, 0.05) is 61.0 Å². The van der Waals surface area contributed by atoms with Crippen LogP contribution in [0.3, 0.4) is 0 Å². The highest BCUT2D eigenvalue weighted by atomic mass is 19.1. The Morgan fingerprint density at radius 1 is 0.306 bits per heavy atom. The maximum absolute atomic E-state index is 13.5. The van der Waals surface area contributed by atoms with Gasteiger partial charge < -0.3 is 60.7 Å². The number of hydrogen-bond donors (Lipinski definition) is 9. The zero-order valence-electron chi connectivity index (χ0n) is 61.5. The predicted octanol–water partition coefficient (Wildman–Crippen LogP) is 18.7. The van der Waals surface area contributed by atoms with Gasteiger partial charge in [-0.3, -0.25) is 14.7 Å². The molecule has 9 N–H and O–H groups in total. The summed E-state index contributed by atoms with van der Waals surface area (Å²) in [5, 5.41) is 94.4. The number of benzene rings is 11. The van der Waals surface area contributed by atoms with Gasteiger partial charge in [-0.25, -0.2) is 27.6 Å². The van der Waals surface area contributed by atoms with Gasteiger partial charge in [0.15, 0.2) is 0 Å². The van der Waals surface area contributed by atoms with E-state index in [9.17, 15) is 73.5 Å². The molecule has 9 atom stereocenters.